The van der Waals surface area contributed by atoms with Crippen molar-refractivity contribution in [2.24, 2.45) is 0 Å². The van der Waals surface area contributed by atoms with Gasteiger partial charge in [-0.1, -0.05) is 59.4 Å². The molecule has 0 spiro atoms. The minimum atomic E-state index is -0.719. The van der Waals surface area contributed by atoms with Crippen molar-refractivity contribution in [2.45, 2.75) is 97.7 Å². The first-order chi connectivity index (χ1) is 18.1. The van der Waals surface area contributed by atoms with Gasteiger partial charge in [0.2, 0.25) is 0 Å². The minimum absolute atomic E-state index is 0.442. The van der Waals surface area contributed by atoms with Crippen LogP contribution in [0.1, 0.15) is 96.3 Å². The van der Waals surface area contributed by atoms with Crippen molar-refractivity contribution in [3.05, 3.63) is 41.5 Å². The maximum Gasteiger partial charge on any atom is 0.161 e. The number of fused-ring (bicyclic) bond motifs is 1. The van der Waals surface area contributed by atoms with Gasteiger partial charge in [0.05, 0.1) is 32.5 Å². The van der Waals surface area contributed by atoms with Gasteiger partial charge in [0.15, 0.2) is 11.5 Å². The summed E-state index contributed by atoms with van der Waals surface area (Å²) in [6, 6.07) is 9.71. The number of unbranched alkanes of at least 4 members (excludes halogenated alkanes) is 4. The van der Waals surface area contributed by atoms with E-state index in [2.05, 4.69) is 27.7 Å². The Kier molecular flexibility index (Phi) is 12.2. The van der Waals surface area contributed by atoms with E-state index in [0.717, 1.165) is 79.7 Å². The fourth-order valence-electron chi connectivity index (χ4n) is 4.18. The monoisotopic (exact) mass is 514 g/mol. The lowest BCUT2D eigenvalue weighted by molar-refractivity contribution is 0.0193. The van der Waals surface area contributed by atoms with E-state index in [9.17, 15) is 5.11 Å². The topological polar surface area (TPSA) is 66.4 Å². The summed E-state index contributed by atoms with van der Waals surface area (Å²) < 4.78 is 30.6. The van der Waals surface area contributed by atoms with E-state index in [1.807, 2.05) is 30.3 Å². The van der Waals surface area contributed by atoms with E-state index in [-0.39, 0.29) is 0 Å². The lowest BCUT2D eigenvalue weighted by atomic mass is 9.93. The van der Waals surface area contributed by atoms with Crippen LogP contribution < -0.4 is 23.7 Å². The van der Waals surface area contributed by atoms with E-state index in [0.29, 0.717) is 44.3 Å². The molecule has 0 aromatic heterocycles. The highest BCUT2D eigenvalue weighted by atomic mass is 16.5. The largest absolute Gasteiger partial charge is 0.493 e. The van der Waals surface area contributed by atoms with Crippen LogP contribution >= 0.6 is 0 Å². The van der Waals surface area contributed by atoms with Gasteiger partial charge in [0, 0.05) is 24.1 Å². The molecule has 37 heavy (non-hydrogen) atoms. The number of aliphatic hydroxyl groups is 1. The highest BCUT2D eigenvalue weighted by Gasteiger charge is 2.33. The van der Waals surface area contributed by atoms with Crippen molar-refractivity contribution in [1.29, 1.82) is 0 Å². The molecule has 2 aromatic carbocycles. The van der Waals surface area contributed by atoms with Crippen molar-refractivity contribution in [2.75, 3.05) is 26.4 Å². The summed E-state index contributed by atoms with van der Waals surface area (Å²) in [7, 11) is 0. The summed E-state index contributed by atoms with van der Waals surface area (Å²) in [6.45, 7) is 11.1. The molecule has 206 valence electrons. The average molecular weight is 515 g/mol. The number of aliphatic hydroxyl groups excluding tert-OH is 1. The number of hydrogen-bond donors (Lipinski definition) is 1. The van der Waals surface area contributed by atoms with Crippen LogP contribution in [0.3, 0.4) is 0 Å². The third-order valence-electron chi connectivity index (χ3n) is 6.49. The third-order valence-corrected chi connectivity index (χ3v) is 6.49. The first-order valence-electron chi connectivity index (χ1n) is 14.3. The van der Waals surface area contributed by atoms with Crippen LogP contribution in [0.15, 0.2) is 30.3 Å². The molecule has 1 aliphatic heterocycles. The first kappa shape index (κ1) is 29.0. The van der Waals surface area contributed by atoms with Crippen LogP contribution in [-0.2, 0) is 6.42 Å². The van der Waals surface area contributed by atoms with Crippen LogP contribution in [-0.4, -0.2) is 37.6 Å². The van der Waals surface area contributed by atoms with Gasteiger partial charge in [-0.15, -0.1) is 0 Å². The summed E-state index contributed by atoms with van der Waals surface area (Å²) in [4.78, 5) is 0. The van der Waals surface area contributed by atoms with Crippen LogP contribution in [0.25, 0.3) is 0 Å². The Bertz CT molecular complexity index is 944. The predicted octanol–water partition coefficient (Wildman–Crippen LogP) is 7.44. The van der Waals surface area contributed by atoms with Gasteiger partial charge in [-0.25, -0.2) is 0 Å². The summed E-state index contributed by atoms with van der Waals surface area (Å²) in [5.41, 5.74) is 1.75. The third kappa shape index (κ3) is 8.46. The Balaban J connectivity index is 1.87. The van der Waals surface area contributed by atoms with Gasteiger partial charge in [0.1, 0.15) is 23.4 Å². The number of ether oxygens (including phenoxy) is 5. The molecule has 2 aromatic rings. The normalized spacial score (nSPS) is 16.6. The van der Waals surface area contributed by atoms with Crippen molar-refractivity contribution in [3.63, 3.8) is 0 Å². The second-order valence-electron chi connectivity index (χ2n) is 9.72. The second kappa shape index (κ2) is 15.6. The molecule has 1 aliphatic rings. The van der Waals surface area contributed by atoms with Gasteiger partial charge in [-0.05, 0) is 43.4 Å². The Labute approximate surface area is 223 Å². The van der Waals surface area contributed by atoms with Crippen LogP contribution in [0.5, 0.6) is 28.7 Å². The molecule has 0 saturated carbocycles. The van der Waals surface area contributed by atoms with E-state index in [4.69, 9.17) is 23.7 Å². The smallest absolute Gasteiger partial charge is 0.161 e. The van der Waals surface area contributed by atoms with Gasteiger partial charge in [-0.3, -0.25) is 0 Å². The summed E-state index contributed by atoms with van der Waals surface area (Å²) >= 11 is 0. The lowest BCUT2D eigenvalue weighted by Crippen LogP contribution is -2.30. The second-order valence-corrected chi connectivity index (χ2v) is 9.72. The van der Waals surface area contributed by atoms with Gasteiger partial charge < -0.3 is 28.8 Å². The molecule has 0 saturated heterocycles. The molecule has 0 radical (unpaired) electrons. The summed E-state index contributed by atoms with van der Waals surface area (Å²) in [5.74, 6) is 3.60. The summed E-state index contributed by atoms with van der Waals surface area (Å²) in [6.07, 6.45) is 7.35. The summed E-state index contributed by atoms with van der Waals surface area (Å²) in [5, 5.41) is 11.2. The maximum absolute atomic E-state index is 11.2. The zero-order valence-electron chi connectivity index (χ0n) is 23.2. The van der Waals surface area contributed by atoms with Crippen molar-refractivity contribution in [3.8, 4) is 28.7 Å². The van der Waals surface area contributed by atoms with Gasteiger partial charge in [0.25, 0.3) is 0 Å². The Morgan fingerprint density at radius 3 is 1.89 bits per heavy atom. The van der Waals surface area contributed by atoms with E-state index in [1.165, 1.54) is 0 Å². The molecule has 3 rings (SSSR count). The molecule has 2 atom stereocenters. The van der Waals surface area contributed by atoms with Crippen molar-refractivity contribution in [1.82, 2.24) is 0 Å². The van der Waals surface area contributed by atoms with E-state index < -0.39 is 12.2 Å². The number of hydrogen-bond acceptors (Lipinski definition) is 6. The lowest BCUT2D eigenvalue weighted by Gasteiger charge is -2.32. The van der Waals surface area contributed by atoms with E-state index in [1.54, 1.807) is 0 Å². The molecule has 1 heterocycles. The Morgan fingerprint density at radius 1 is 0.703 bits per heavy atom. The highest BCUT2D eigenvalue weighted by Crippen LogP contribution is 2.44. The minimum Gasteiger partial charge on any atom is -0.493 e. The molecule has 6 heteroatoms. The van der Waals surface area contributed by atoms with Crippen LogP contribution in [0, 0.1) is 0 Å². The van der Waals surface area contributed by atoms with Crippen molar-refractivity contribution < 1.29 is 28.8 Å². The zero-order chi connectivity index (χ0) is 26.5. The Morgan fingerprint density at radius 2 is 1.27 bits per heavy atom. The molecular formula is C31H46O6. The fraction of sp³-hybridized carbons (Fsp3) is 0.613. The van der Waals surface area contributed by atoms with E-state index >= 15 is 0 Å². The van der Waals surface area contributed by atoms with Crippen LogP contribution in [0.2, 0.25) is 0 Å². The molecule has 0 bridgehead atoms. The van der Waals surface area contributed by atoms with Crippen molar-refractivity contribution >= 4 is 0 Å². The number of rotatable bonds is 17. The Hall–Kier alpha value is -2.60. The molecule has 6 nitrogen and oxygen atoms in total. The molecule has 0 unspecified atom stereocenters. The average Bonchev–Trinajstić information content (AvgIpc) is 2.90. The maximum atomic E-state index is 11.2. The van der Waals surface area contributed by atoms with Crippen LogP contribution in [0.4, 0.5) is 0 Å². The standard InChI is InChI=1S/C31H46O6/c1-5-9-15-33-24-20-28(35-17-11-7-3)25-22-26(32)31(37-29(25)21-24)23-13-14-27(34-16-10-6-2)30(19-23)36-18-12-8-4/h13-14,19-21,26,31-32H,5-12,15-18,22H2,1-4H3/t26-,31-/m1/s1. The predicted molar refractivity (Wildman–Crippen MR) is 148 cm³/mol. The molecule has 0 aliphatic carbocycles. The molecule has 0 fully saturated rings. The highest BCUT2D eigenvalue weighted by molar-refractivity contribution is 5.53. The molecule has 0 amide bonds. The zero-order valence-corrected chi connectivity index (χ0v) is 23.2. The molecular weight excluding hydrogens is 468 g/mol. The SMILES string of the molecule is CCCCOc1cc(OCCCC)c2c(c1)O[C@H](c1ccc(OCCCC)c(OCCCC)c1)[C@H](O)C2. The quantitative estimate of drug-likeness (QED) is 0.221. The van der Waals surface area contributed by atoms with Gasteiger partial charge in [-0.2, -0.15) is 0 Å². The molecule has 1 N–H and O–H groups in total. The number of benzene rings is 2. The van der Waals surface area contributed by atoms with Gasteiger partial charge >= 0.3 is 0 Å². The first-order valence-corrected chi connectivity index (χ1v) is 14.3. The fourth-order valence-corrected chi connectivity index (χ4v) is 4.18.